The van der Waals surface area contributed by atoms with Gasteiger partial charge in [0.2, 0.25) is 5.91 Å². The summed E-state index contributed by atoms with van der Waals surface area (Å²) in [5.41, 5.74) is -1.77. The molecule has 2 amide bonds. The molecule has 0 spiro atoms. The van der Waals surface area contributed by atoms with Crippen LogP contribution in [0.4, 0.5) is 4.79 Å². The molecule has 0 bridgehead atoms. The van der Waals surface area contributed by atoms with Crippen molar-refractivity contribution in [3.05, 3.63) is 36.9 Å². The number of sulfone groups is 1. The highest BCUT2D eigenvalue weighted by atomic mass is 32.2. The third-order valence-electron chi connectivity index (χ3n) is 5.47. The van der Waals surface area contributed by atoms with Crippen LogP contribution in [0.15, 0.2) is 41.8 Å². The van der Waals surface area contributed by atoms with Gasteiger partial charge in [-0.2, -0.15) is 5.26 Å². The zero-order chi connectivity index (χ0) is 24.4. The predicted octanol–water partition coefficient (Wildman–Crippen LogP) is 2.58. The third kappa shape index (κ3) is 5.47. The summed E-state index contributed by atoms with van der Waals surface area (Å²) < 4.78 is 38.0. The Labute approximate surface area is 194 Å². The topological polar surface area (TPSA) is 126 Å². The van der Waals surface area contributed by atoms with Crippen LogP contribution in [-0.4, -0.2) is 60.9 Å². The highest BCUT2D eigenvalue weighted by molar-refractivity contribution is 7.92. The van der Waals surface area contributed by atoms with E-state index >= 15 is 0 Å². The van der Waals surface area contributed by atoms with Crippen LogP contribution in [0, 0.1) is 11.3 Å². The van der Waals surface area contributed by atoms with Crippen molar-refractivity contribution >= 4 is 21.8 Å². The predicted molar refractivity (Wildman–Crippen MR) is 120 cm³/mol. The number of amides is 2. The number of hydrogen-bond donors (Lipinski definition) is 1. The molecule has 2 atom stereocenters. The maximum Gasteiger partial charge on any atom is 0.411 e. The van der Waals surface area contributed by atoms with Crippen LogP contribution in [0.1, 0.15) is 40.0 Å². The van der Waals surface area contributed by atoms with E-state index < -0.39 is 44.3 Å². The van der Waals surface area contributed by atoms with Crippen LogP contribution in [0.2, 0.25) is 0 Å². The van der Waals surface area contributed by atoms with Gasteiger partial charge in [0, 0.05) is 6.54 Å². The summed E-state index contributed by atoms with van der Waals surface area (Å²) in [6, 6.07) is 7.23. The van der Waals surface area contributed by atoms with E-state index in [1.807, 2.05) is 0 Å². The second-order valence-corrected chi connectivity index (χ2v) is 11.5. The molecule has 178 valence electrons. The molecule has 0 aromatic heterocycles. The lowest BCUT2D eigenvalue weighted by Crippen LogP contribution is -2.50. The molecule has 10 heteroatoms. The average molecular weight is 476 g/mol. The Kier molecular flexibility index (Phi) is 6.75. The fraction of sp³-hybridized carbons (Fsp3) is 0.522. The van der Waals surface area contributed by atoms with Crippen molar-refractivity contribution in [2.75, 3.05) is 13.2 Å². The first-order valence-electron chi connectivity index (χ1n) is 10.7. The number of rotatable bonds is 7. The van der Waals surface area contributed by atoms with Gasteiger partial charge in [-0.1, -0.05) is 24.8 Å². The summed E-state index contributed by atoms with van der Waals surface area (Å²) in [5.74, 6) is -0.385. The van der Waals surface area contributed by atoms with Crippen LogP contribution in [-0.2, 0) is 19.4 Å². The number of likely N-dealkylation sites (tertiary alicyclic amines) is 1. The molecule has 1 aromatic rings. The number of hydrogen-bond acceptors (Lipinski definition) is 7. The van der Waals surface area contributed by atoms with E-state index in [-0.39, 0.29) is 30.2 Å². The van der Waals surface area contributed by atoms with Gasteiger partial charge in [-0.3, -0.25) is 9.69 Å². The van der Waals surface area contributed by atoms with Crippen LogP contribution in [0.3, 0.4) is 0 Å². The fourth-order valence-electron chi connectivity index (χ4n) is 3.63. The summed E-state index contributed by atoms with van der Waals surface area (Å²) in [4.78, 5) is 27.0. The lowest BCUT2D eigenvalue weighted by Gasteiger charge is -2.28. The fourth-order valence-corrected chi connectivity index (χ4v) is 5.46. The van der Waals surface area contributed by atoms with Gasteiger partial charge >= 0.3 is 6.09 Å². The van der Waals surface area contributed by atoms with E-state index in [1.165, 1.54) is 12.1 Å². The van der Waals surface area contributed by atoms with Crippen molar-refractivity contribution in [1.29, 1.82) is 5.26 Å². The number of para-hydroxylation sites is 1. The van der Waals surface area contributed by atoms with E-state index in [0.717, 1.165) is 4.90 Å². The summed E-state index contributed by atoms with van der Waals surface area (Å²) >= 11 is 0. The largest absolute Gasteiger partial charge is 0.488 e. The molecule has 1 saturated heterocycles. The van der Waals surface area contributed by atoms with Gasteiger partial charge in [-0.25, -0.2) is 13.2 Å². The van der Waals surface area contributed by atoms with Gasteiger partial charge < -0.3 is 14.8 Å². The quantitative estimate of drug-likeness (QED) is 0.601. The monoisotopic (exact) mass is 475 g/mol. The molecule has 1 aromatic carbocycles. The molecule has 1 aliphatic carbocycles. The van der Waals surface area contributed by atoms with E-state index in [1.54, 1.807) is 39.0 Å². The van der Waals surface area contributed by atoms with Crippen LogP contribution in [0.5, 0.6) is 5.75 Å². The maximum atomic E-state index is 13.5. The van der Waals surface area contributed by atoms with Crippen LogP contribution >= 0.6 is 0 Å². The summed E-state index contributed by atoms with van der Waals surface area (Å²) in [5, 5.41) is 10.9. The molecule has 2 aliphatic rings. The van der Waals surface area contributed by atoms with Crippen LogP contribution in [0.25, 0.3) is 0 Å². The molecule has 0 radical (unpaired) electrons. The van der Waals surface area contributed by atoms with Crippen molar-refractivity contribution in [2.45, 2.75) is 67.4 Å². The van der Waals surface area contributed by atoms with Crippen molar-refractivity contribution in [3.8, 4) is 11.8 Å². The first-order valence-corrected chi connectivity index (χ1v) is 12.3. The Morgan fingerprint density at radius 3 is 2.58 bits per heavy atom. The SMILES string of the molecule is C=CCOc1ccccc1S(=O)(=O)[C@@H]1C[C@@H](C(=O)NC2(C#N)CC2)N(C(=O)OC(C)(C)C)C1. The molecule has 3 rings (SSSR count). The van der Waals surface area contributed by atoms with Crippen molar-refractivity contribution in [1.82, 2.24) is 10.2 Å². The van der Waals surface area contributed by atoms with Crippen LogP contribution < -0.4 is 10.1 Å². The highest BCUT2D eigenvalue weighted by Gasteiger charge is 2.51. The Morgan fingerprint density at radius 1 is 1.33 bits per heavy atom. The van der Waals surface area contributed by atoms with E-state index in [9.17, 15) is 23.3 Å². The van der Waals surface area contributed by atoms with E-state index in [4.69, 9.17) is 9.47 Å². The van der Waals surface area contributed by atoms with E-state index in [0.29, 0.717) is 12.8 Å². The van der Waals surface area contributed by atoms with Gasteiger partial charge in [-0.15, -0.1) is 0 Å². The molecule has 1 heterocycles. The summed E-state index contributed by atoms with van der Waals surface area (Å²) in [6.45, 7) is 8.54. The summed E-state index contributed by atoms with van der Waals surface area (Å²) in [7, 11) is -3.96. The number of nitriles is 1. The summed E-state index contributed by atoms with van der Waals surface area (Å²) in [6.07, 6.45) is 1.64. The Balaban J connectivity index is 1.91. The average Bonchev–Trinajstić information content (AvgIpc) is 3.35. The molecule has 2 fully saturated rings. The molecule has 0 unspecified atom stereocenters. The smallest absolute Gasteiger partial charge is 0.411 e. The molecule has 1 aliphatic heterocycles. The van der Waals surface area contributed by atoms with Gasteiger partial charge in [0.1, 0.15) is 34.4 Å². The highest BCUT2D eigenvalue weighted by Crippen LogP contribution is 2.37. The third-order valence-corrected chi connectivity index (χ3v) is 7.64. The number of nitrogens with zero attached hydrogens (tertiary/aromatic N) is 2. The molecule has 9 nitrogen and oxygen atoms in total. The molecular formula is C23H29N3O6S. The minimum absolute atomic E-state index is 0.0160. The standard InChI is InChI=1S/C23H29N3O6S/c1-5-12-31-18-8-6-7-9-19(18)33(29,30)16-13-17(20(27)25-23(15-24)10-11-23)26(14-16)21(28)32-22(2,3)4/h5-9,16-17H,1,10-14H2,2-4H3,(H,25,27)/t16-,17+/m1/s1. The lowest BCUT2D eigenvalue weighted by molar-refractivity contribution is -0.126. The maximum absolute atomic E-state index is 13.5. The normalized spacial score (nSPS) is 21.6. The molecular weight excluding hydrogens is 446 g/mol. The number of benzene rings is 1. The molecule has 33 heavy (non-hydrogen) atoms. The number of nitrogens with one attached hydrogen (secondary N) is 1. The molecule has 1 saturated carbocycles. The van der Waals surface area contributed by atoms with Gasteiger partial charge in [0.05, 0.1) is 11.3 Å². The Bertz CT molecular complexity index is 1080. The first-order chi connectivity index (χ1) is 15.4. The zero-order valence-electron chi connectivity index (χ0n) is 19.0. The lowest BCUT2D eigenvalue weighted by atomic mass is 10.2. The Morgan fingerprint density at radius 2 is 2.00 bits per heavy atom. The second-order valence-electron chi connectivity index (χ2n) is 9.28. The van der Waals surface area contributed by atoms with Gasteiger partial charge in [-0.05, 0) is 52.2 Å². The van der Waals surface area contributed by atoms with Crippen molar-refractivity contribution < 1.29 is 27.5 Å². The minimum Gasteiger partial charge on any atom is -0.488 e. The number of ether oxygens (including phenoxy) is 2. The van der Waals surface area contributed by atoms with E-state index in [2.05, 4.69) is 18.0 Å². The Hall–Kier alpha value is -3.06. The second kappa shape index (κ2) is 9.06. The number of carbonyl (C=O) groups excluding carboxylic acids is 2. The van der Waals surface area contributed by atoms with Gasteiger partial charge in [0.25, 0.3) is 0 Å². The van der Waals surface area contributed by atoms with Crippen molar-refractivity contribution in [2.24, 2.45) is 0 Å². The first kappa shape index (κ1) is 24.6. The van der Waals surface area contributed by atoms with Gasteiger partial charge in [0.15, 0.2) is 9.84 Å². The van der Waals surface area contributed by atoms with Crippen molar-refractivity contribution in [3.63, 3.8) is 0 Å². The zero-order valence-corrected chi connectivity index (χ0v) is 19.9. The molecule has 1 N–H and O–H groups in total. The minimum atomic E-state index is -3.96. The number of carbonyl (C=O) groups is 2.